The van der Waals surface area contributed by atoms with Crippen LogP contribution in [0.25, 0.3) is 0 Å². The number of carbonyl (C=O) groups excluding carboxylic acids is 1. The SMILES string of the molecule is COc1ccc(Br)c(C(Cl)C(=O)NC2CC2)c1. The van der Waals surface area contributed by atoms with Crippen LogP contribution in [0.2, 0.25) is 0 Å². The summed E-state index contributed by atoms with van der Waals surface area (Å²) < 4.78 is 5.93. The van der Waals surface area contributed by atoms with Crippen molar-refractivity contribution in [1.29, 1.82) is 0 Å². The van der Waals surface area contributed by atoms with Gasteiger partial charge >= 0.3 is 0 Å². The zero-order valence-corrected chi connectivity index (χ0v) is 11.7. The number of rotatable bonds is 4. The van der Waals surface area contributed by atoms with E-state index in [1.165, 1.54) is 0 Å². The van der Waals surface area contributed by atoms with Crippen LogP contribution in [0.15, 0.2) is 22.7 Å². The molecule has 1 aromatic carbocycles. The maximum absolute atomic E-state index is 11.8. The molecule has 0 radical (unpaired) electrons. The number of halogens is 2. The molecule has 1 unspecified atom stereocenters. The highest BCUT2D eigenvalue weighted by atomic mass is 79.9. The molecule has 0 aromatic heterocycles. The molecule has 5 heteroatoms. The third-order valence-corrected chi connectivity index (χ3v) is 3.79. The molecular formula is C12H13BrClNO2. The van der Waals surface area contributed by atoms with Gasteiger partial charge < -0.3 is 10.1 Å². The summed E-state index contributed by atoms with van der Waals surface area (Å²) in [5.74, 6) is 0.538. The lowest BCUT2D eigenvalue weighted by Crippen LogP contribution is -2.28. The Morgan fingerprint density at radius 2 is 2.29 bits per heavy atom. The van der Waals surface area contributed by atoms with Crippen LogP contribution in [0, 0.1) is 0 Å². The molecule has 0 aliphatic heterocycles. The smallest absolute Gasteiger partial charge is 0.242 e. The molecule has 0 heterocycles. The van der Waals surface area contributed by atoms with Crippen molar-refractivity contribution in [2.75, 3.05) is 7.11 Å². The average Bonchev–Trinajstić information content (AvgIpc) is 3.12. The first-order chi connectivity index (χ1) is 8.11. The van der Waals surface area contributed by atoms with Crippen LogP contribution in [-0.2, 0) is 4.79 Å². The minimum Gasteiger partial charge on any atom is -0.497 e. The number of hydrogen-bond acceptors (Lipinski definition) is 2. The molecule has 1 atom stereocenters. The van der Waals surface area contributed by atoms with Gasteiger partial charge in [-0.05, 0) is 36.6 Å². The van der Waals surface area contributed by atoms with E-state index in [1.54, 1.807) is 13.2 Å². The van der Waals surface area contributed by atoms with E-state index in [9.17, 15) is 4.79 Å². The average molecular weight is 319 g/mol. The van der Waals surface area contributed by atoms with Gasteiger partial charge in [0.15, 0.2) is 0 Å². The van der Waals surface area contributed by atoms with Gasteiger partial charge in [0.05, 0.1) is 7.11 Å². The quantitative estimate of drug-likeness (QED) is 0.867. The Labute approximate surface area is 114 Å². The molecule has 1 saturated carbocycles. The molecular weight excluding hydrogens is 305 g/mol. The standard InChI is InChI=1S/C12H13BrClNO2/c1-17-8-4-5-10(13)9(6-8)11(14)12(16)15-7-2-3-7/h4-7,11H,2-3H2,1H3,(H,15,16). The van der Waals surface area contributed by atoms with E-state index in [4.69, 9.17) is 16.3 Å². The zero-order valence-electron chi connectivity index (χ0n) is 9.37. The van der Waals surface area contributed by atoms with E-state index in [0.717, 1.165) is 22.9 Å². The van der Waals surface area contributed by atoms with Crippen LogP contribution >= 0.6 is 27.5 Å². The third kappa shape index (κ3) is 3.13. The molecule has 1 aromatic rings. The second kappa shape index (κ2) is 5.27. The fraction of sp³-hybridized carbons (Fsp3) is 0.417. The highest BCUT2D eigenvalue weighted by Crippen LogP contribution is 2.32. The largest absolute Gasteiger partial charge is 0.497 e. The van der Waals surface area contributed by atoms with Crippen molar-refractivity contribution >= 4 is 33.4 Å². The summed E-state index contributed by atoms with van der Waals surface area (Å²) in [7, 11) is 1.58. The van der Waals surface area contributed by atoms with Crippen LogP contribution in [-0.4, -0.2) is 19.1 Å². The Bertz CT molecular complexity index is 435. The zero-order chi connectivity index (χ0) is 12.4. The van der Waals surface area contributed by atoms with Gasteiger partial charge in [0.2, 0.25) is 5.91 Å². The fourth-order valence-electron chi connectivity index (χ4n) is 1.49. The van der Waals surface area contributed by atoms with Gasteiger partial charge in [-0.1, -0.05) is 15.9 Å². The lowest BCUT2D eigenvalue weighted by atomic mass is 10.1. The summed E-state index contributed by atoms with van der Waals surface area (Å²) in [4.78, 5) is 11.8. The Morgan fingerprint density at radius 3 is 2.88 bits per heavy atom. The van der Waals surface area contributed by atoms with Crippen molar-refractivity contribution < 1.29 is 9.53 Å². The van der Waals surface area contributed by atoms with Crippen LogP contribution in [0.4, 0.5) is 0 Å². The molecule has 3 nitrogen and oxygen atoms in total. The maximum Gasteiger partial charge on any atom is 0.242 e. The van der Waals surface area contributed by atoms with Crippen molar-refractivity contribution in [3.8, 4) is 5.75 Å². The molecule has 92 valence electrons. The van der Waals surface area contributed by atoms with Gasteiger partial charge in [-0.25, -0.2) is 0 Å². The minimum absolute atomic E-state index is 0.150. The second-order valence-electron chi connectivity index (χ2n) is 4.03. The number of methoxy groups -OCH3 is 1. The van der Waals surface area contributed by atoms with Crippen LogP contribution < -0.4 is 10.1 Å². The maximum atomic E-state index is 11.8. The van der Waals surface area contributed by atoms with E-state index >= 15 is 0 Å². The van der Waals surface area contributed by atoms with Crippen molar-refractivity contribution in [3.63, 3.8) is 0 Å². The predicted octanol–water partition coefficient (Wildman–Crippen LogP) is 3.02. The van der Waals surface area contributed by atoms with E-state index in [2.05, 4.69) is 21.2 Å². The number of amides is 1. The highest BCUT2D eigenvalue weighted by molar-refractivity contribution is 9.10. The summed E-state index contributed by atoms with van der Waals surface area (Å²) in [5, 5.41) is 2.19. The first-order valence-electron chi connectivity index (χ1n) is 5.39. The van der Waals surface area contributed by atoms with Crippen LogP contribution in [0.5, 0.6) is 5.75 Å². The lowest BCUT2D eigenvalue weighted by molar-refractivity contribution is -0.121. The second-order valence-corrected chi connectivity index (χ2v) is 5.32. The molecule has 17 heavy (non-hydrogen) atoms. The molecule has 0 saturated heterocycles. The van der Waals surface area contributed by atoms with Gasteiger partial charge in [0.25, 0.3) is 0 Å². The number of benzene rings is 1. The van der Waals surface area contributed by atoms with Crippen LogP contribution in [0.1, 0.15) is 23.8 Å². The number of carbonyl (C=O) groups is 1. The van der Waals surface area contributed by atoms with Gasteiger partial charge in [-0.3, -0.25) is 4.79 Å². The van der Waals surface area contributed by atoms with Gasteiger partial charge in [-0.2, -0.15) is 0 Å². The first kappa shape index (κ1) is 12.7. The lowest BCUT2D eigenvalue weighted by Gasteiger charge is -2.13. The summed E-state index contributed by atoms with van der Waals surface area (Å²) in [6.45, 7) is 0. The number of nitrogens with one attached hydrogen (secondary N) is 1. The summed E-state index contributed by atoms with van der Waals surface area (Å²) >= 11 is 9.56. The predicted molar refractivity (Wildman–Crippen MR) is 70.5 cm³/mol. The van der Waals surface area contributed by atoms with Crippen molar-refractivity contribution in [2.24, 2.45) is 0 Å². The Balaban J connectivity index is 2.15. The summed E-state index contributed by atoms with van der Waals surface area (Å²) in [5.41, 5.74) is 0.726. The van der Waals surface area contributed by atoms with Crippen molar-refractivity contribution in [3.05, 3.63) is 28.2 Å². The molecule has 1 aliphatic rings. The fourth-order valence-corrected chi connectivity index (χ4v) is 2.34. The molecule has 0 spiro atoms. The van der Waals surface area contributed by atoms with E-state index in [1.807, 2.05) is 12.1 Å². The van der Waals surface area contributed by atoms with Gasteiger partial charge in [-0.15, -0.1) is 11.6 Å². The van der Waals surface area contributed by atoms with Crippen molar-refractivity contribution in [2.45, 2.75) is 24.3 Å². The summed E-state index contributed by atoms with van der Waals surface area (Å²) in [6, 6.07) is 5.73. The Kier molecular flexibility index (Phi) is 3.94. The first-order valence-corrected chi connectivity index (χ1v) is 6.62. The van der Waals surface area contributed by atoms with E-state index in [-0.39, 0.29) is 5.91 Å². The molecule has 0 bridgehead atoms. The Hall–Kier alpha value is -0.740. The molecule has 1 fully saturated rings. The normalized spacial score (nSPS) is 16.4. The molecule has 1 N–H and O–H groups in total. The Morgan fingerprint density at radius 1 is 1.59 bits per heavy atom. The van der Waals surface area contributed by atoms with Gasteiger partial charge in [0.1, 0.15) is 11.1 Å². The topological polar surface area (TPSA) is 38.3 Å². The van der Waals surface area contributed by atoms with Crippen molar-refractivity contribution in [1.82, 2.24) is 5.32 Å². The van der Waals surface area contributed by atoms with Crippen LogP contribution in [0.3, 0.4) is 0 Å². The van der Waals surface area contributed by atoms with E-state index in [0.29, 0.717) is 11.8 Å². The molecule has 1 amide bonds. The number of ether oxygens (including phenoxy) is 1. The number of alkyl halides is 1. The monoisotopic (exact) mass is 317 g/mol. The summed E-state index contributed by atoms with van der Waals surface area (Å²) in [6.07, 6.45) is 2.10. The van der Waals surface area contributed by atoms with Gasteiger partial charge in [0, 0.05) is 10.5 Å². The highest BCUT2D eigenvalue weighted by Gasteiger charge is 2.28. The minimum atomic E-state index is -0.694. The molecule has 2 rings (SSSR count). The van der Waals surface area contributed by atoms with E-state index < -0.39 is 5.38 Å². The third-order valence-electron chi connectivity index (χ3n) is 2.63. The molecule has 1 aliphatic carbocycles. The number of hydrogen-bond donors (Lipinski definition) is 1.